The first kappa shape index (κ1) is 7.85. The van der Waals surface area contributed by atoms with Gasteiger partial charge in [-0.1, -0.05) is 0 Å². The first-order chi connectivity index (χ1) is 5.68. The second-order valence-electron chi connectivity index (χ2n) is 2.69. The Hall–Kier alpha value is -0.780. The minimum atomic E-state index is 0.0278. The molecule has 3 nitrogen and oxygen atoms in total. The van der Waals surface area contributed by atoms with Gasteiger partial charge in [0.25, 0.3) is 5.56 Å². The van der Waals surface area contributed by atoms with Crippen LogP contribution in [0.4, 0.5) is 0 Å². The fourth-order valence-electron chi connectivity index (χ4n) is 1.16. The lowest BCUT2D eigenvalue weighted by atomic mass is 10.3. The quantitative estimate of drug-likeness (QED) is 0.726. The van der Waals surface area contributed by atoms with Gasteiger partial charge >= 0.3 is 0 Å². The minimum Gasteiger partial charge on any atom is -0.359 e. The smallest absolute Gasteiger partial charge is 0.251 e. The summed E-state index contributed by atoms with van der Waals surface area (Å²) < 4.78 is 2.65. The minimum absolute atomic E-state index is 0.0278. The van der Waals surface area contributed by atoms with E-state index in [4.69, 9.17) is 0 Å². The van der Waals surface area contributed by atoms with Gasteiger partial charge in [0.15, 0.2) is 0 Å². The van der Waals surface area contributed by atoms with E-state index in [1.165, 1.54) is 0 Å². The summed E-state index contributed by atoms with van der Waals surface area (Å²) in [5.74, 6) is 0. The van der Waals surface area contributed by atoms with Crippen molar-refractivity contribution >= 4 is 33.5 Å². The van der Waals surface area contributed by atoms with Crippen LogP contribution < -0.4 is 5.56 Å². The van der Waals surface area contributed by atoms with Crippen LogP contribution in [0.3, 0.4) is 0 Å². The van der Waals surface area contributed by atoms with Crippen molar-refractivity contribution < 1.29 is 0 Å². The first-order valence-electron chi connectivity index (χ1n) is 3.52. The molecule has 0 unspecified atom stereocenters. The van der Waals surface area contributed by atoms with Gasteiger partial charge in [0, 0.05) is 34.5 Å². The molecule has 12 heavy (non-hydrogen) atoms. The predicted octanol–water partition coefficient (Wildman–Crippen LogP) is 1.47. The number of pyridine rings is 1. The number of nitrogens with zero attached hydrogens (tertiary/aromatic N) is 1. The molecule has 4 heteroatoms. The van der Waals surface area contributed by atoms with Gasteiger partial charge in [-0.25, -0.2) is 0 Å². The second-order valence-corrected chi connectivity index (χ2v) is 3.85. The Bertz CT molecular complexity index is 483. The number of halogens is 1. The lowest BCUT2D eigenvalue weighted by Gasteiger charge is -1.95. The van der Waals surface area contributed by atoms with E-state index in [1.807, 2.05) is 6.20 Å². The zero-order valence-electron chi connectivity index (χ0n) is 6.47. The van der Waals surface area contributed by atoms with E-state index >= 15 is 0 Å². The molecular weight excluding hydrogens is 267 g/mol. The lowest BCUT2D eigenvalue weighted by molar-refractivity contribution is 0.868. The predicted molar refractivity (Wildman–Crippen MR) is 56.3 cm³/mol. The monoisotopic (exact) mass is 274 g/mol. The van der Waals surface area contributed by atoms with Gasteiger partial charge in [-0.2, -0.15) is 0 Å². The molecule has 0 radical (unpaired) electrons. The molecule has 2 aromatic rings. The van der Waals surface area contributed by atoms with Crippen molar-refractivity contribution in [3.05, 3.63) is 32.4 Å². The van der Waals surface area contributed by atoms with E-state index in [-0.39, 0.29) is 5.56 Å². The second kappa shape index (κ2) is 2.62. The molecule has 2 heterocycles. The van der Waals surface area contributed by atoms with Gasteiger partial charge in [0.05, 0.1) is 5.52 Å². The Morgan fingerprint density at radius 3 is 3.08 bits per heavy atom. The SMILES string of the molecule is Cn1cc2[nH]cc(I)c2cc1=O. The fraction of sp³-hybridized carbons (Fsp3) is 0.125. The lowest BCUT2D eigenvalue weighted by Crippen LogP contribution is -2.13. The van der Waals surface area contributed by atoms with Gasteiger partial charge in [-0.15, -0.1) is 0 Å². The van der Waals surface area contributed by atoms with E-state index < -0.39 is 0 Å². The number of H-pyrrole nitrogens is 1. The molecule has 0 bridgehead atoms. The van der Waals surface area contributed by atoms with Gasteiger partial charge in [-0.05, 0) is 22.6 Å². The van der Waals surface area contributed by atoms with Crippen LogP contribution in [0.1, 0.15) is 0 Å². The third-order valence-corrected chi connectivity index (χ3v) is 2.73. The summed E-state index contributed by atoms with van der Waals surface area (Å²) in [5.41, 5.74) is 1.03. The average Bonchev–Trinajstić information content (AvgIpc) is 2.35. The van der Waals surface area contributed by atoms with Crippen LogP contribution in [0.2, 0.25) is 0 Å². The maximum atomic E-state index is 11.2. The third kappa shape index (κ3) is 1.06. The molecule has 2 aromatic heterocycles. The van der Waals surface area contributed by atoms with E-state index in [1.54, 1.807) is 23.9 Å². The Morgan fingerprint density at radius 1 is 1.58 bits per heavy atom. The molecule has 0 aliphatic heterocycles. The highest BCUT2D eigenvalue weighted by atomic mass is 127. The van der Waals surface area contributed by atoms with Crippen molar-refractivity contribution in [2.24, 2.45) is 7.05 Å². The number of aromatic nitrogens is 2. The summed E-state index contributed by atoms with van der Waals surface area (Å²) in [4.78, 5) is 14.3. The molecule has 0 saturated carbocycles. The van der Waals surface area contributed by atoms with Gasteiger partial charge < -0.3 is 9.55 Å². The Balaban J connectivity index is 2.97. The van der Waals surface area contributed by atoms with Crippen LogP contribution in [-0.2, 0) is 7.05 Å². The van der Waals surface area contributed by atoms with Crippen molar-refractivity contribution in [3.63, 3.8) is 0 Å². The standard InChI is InChI=1S/C8H7IN2O/c1-11-4-7-5(2-8(11)12)6(9)3-10-7/h2-4,10H,1H3. The number of rotatable bonds is 0. The number of fused-ring (bicyclic) bond motifs is 1. The molecule has 2 rings (SSSR count). The normalized spacial score (nSPS) is 10.8. The summed E-state index contributed by atoms with van der Waals surface area (Å²) in [7, 11) is 1.75. The highest BCUT2D eigenvalue weighted by Gasteiger charge is 2.01. The van der Waals surface area contributed by atoms with Crippen LogP contribution in [-0.4, -0.2) is 9.55 Å². The highest BCUT2D eigenvalue weighted by molar-refractivity contribution is 14.1. The molecule has 0 saturated heterocycles. The molecule has 0 aliphatic carbocycles. The third-order valence-electron chi connectivity index (χ3n) is 1.84. The molecule has 0 aromatic carbocycles. The van der Waals surface area contributed by atoms with Crippen LogP contribution in [0.15, 0.2) is 23.3 Å². The summed E-state index contributed by atoms with van der Waals surface area (Å²) in [5, 5.41) is 0.999. The number of hydrogen-bond donors (Lipinski definition) is 1. The van der Waals surface area contributed by atoms with Crippen molar-refractivity contribution in [1.82, 2.24) is 9.55 Å². The van der Waals surface area contributed by atoms with Crippen LogP contribution in [0, 0.1) is 3.57 Å². The zero-order valence-corrected chi connectivity index (χ0v) is 8.62. The molecule has 0 fully saturated rings. The molecule has 0 spiro atoms. The van der Waals surface area contributed by atoms with Crippen molar-refractivity contribution in [2.75, 3.05) is 0 Å². The van der Waals surface area contributed by atoms with Gasteiger partial charge in [0.1, 0.15) is 0 Å². The van der Waals surface area contributed by atoms with E-state index in [0.717, 1.165) is 14.5 Å². The number of nitrogens with one attached hydrogen (secondary N) is 1. The maximum absolute atomic E-state index is 11.2. The molecule has 62 valence electrons. The molecule has 0 atom stereocenters. The summed E-state index contributed by atoms with van der Waals surface area (Å²) in [6.07, 6.45) is 3.70. The Labute approximate surface area is 82.5 Å². The average molecular weight is 274 g/mol. The Kier molecular flexibility index (Phi) is 1.71. The number of aryl methyl sites for hydroxylation is 1. The van der Waals surface area contributed by atoms with Gasteiger partial charge in [-0.3, -0.25) is 4.79 Å². The first-order valence-corrected chi connectivity index (χ1v) is 4.59. The number of hydrogen-bond acceptors (Lipinski definition) is 1. The molecular formula is C8H7IN2O. The Morgan fingerprint density at radius 2 is 2.33 bits per heavy atom. The zero-order chi connectivity index (χ0) is 8.72. The fourth-order valence-corrected chi connectivity index (χ4v) is 1.76. The van der Waals surface area contributed by atoms with Crippen LogP contribution in [0.25, 0.3) is 10.9 Å². The van der Waals surface area contributed by atoms with Crippen molar-refractivity contribution in [1.29, 1.82) is 0 Å². The van der Waals surface area contributed by atoms with E-state index in [0.29, 0.717) is 0 Å². The summed E-state index contributed by atoms with van der Waals surface area (Å²) in [6.45, 7) is 0. The maximum Gasteiger partial charge on any atom is 0.251 e. The van der Waals surface area contributed by atoms with Crippen LogP contribution in [0.5, 0.6) is 0 Å². The van der Waals surface area contributed by atoms with Crippen LogP contribution >= 0.6 is 22.6 Å². The van der Waals surface area contributed by atoms with Crippen molar-refractivity contribution in [2.45, 2.75) is 0 Å². The topological polar surface area (TPSA) is 37.8 Å². The summed E-state index contributed by atoms with van der Waals surface area (Å²) in [6, 6.07) is 1.65. The van der Waals surface area contributed by atoms with E-state index in [2.05, 4.69) is 27.6 Å². The number of aromatic amines is 1. The largest absolute Gasteiger partial charge is 0.359 e. The molecule has 1 N–H and O–H groups in total. The van der Waals surface area contributed by atoms with Gasteiger partial charge in [0.2, 0.25) is 0 Å². The van der Waals surface area contributed by atoms with E-state index in [9.17, 15) is 4.79 Å². The summed E-state index contributed by atoms with van der Waals surface area (Å²) >= 11 is 2.20. The molecule has 0 aliphatic rings. The van der Waals surface area contributed by atoms with Crippen molar-refractivity contribution in [3.8, 4) is 0 Å². The highest BCUT2D eigenvalue weighted by Crippen LogP contribution is 2.16. The molecule has 0 amide bonds.